The number of rotatable bonds is 4. The molecule has 0 aromatic rings. The van der Waals surface area contributed by atoms with Gasteiger partial charge in [0.05, 0.1) is 18.6 Å². The number of aliphatic hydroxyl groups is 1. The molecule has 0 aromatic heterocycles. The Hall–Kier alpha value is -0.570. The second-order valence-electron chi connectivity index (χ2n) is 4.47. The van der Waals surface area contributed by atoms with E-state index in [0.717, 1.165) is 25.7 Å². The first-order chi connectivity index (χ1) is 7.10. The molecule has 88 valence electrons. The summed E-state index contributed by atoms with van der Waals surface area (Å²) in [6, 6.07) is 0. The molecule has 0 saturated heterocycles. The number of ether oxygens (including phenoxy) is 1. The number of carbonyl (C=O) groups excluding carboxylic acids is 1. The zero-order valence-corrected chi connectivity index (χ0v) is 9.95. The first-order valence-corrected chi connectivity index (χ1v) is 5.90. The lowest BCUT2D eigenvalue weighted by molar-refractivity contribution is -0.159. The highest BCUT2D eigenvalue weighted by molar-refractivity contribution is 5.73. The van der Waals surface area contributed by atoms with Crippen LogP contribution in [0.15, 0.2) is 0 Å². The molecular weight excluding hydrogens is 192 g/mol. The van der Waals surface area contributed by atoms with Crippen LogP contribution < -0.4 is 0 Å². The van der Waals surface area contributed by atoms with Crippen LogP contribution in [0.3, 0.4) is 0 Å². The van der Waals surface area contributed by atoms with Crippen LogP contribution in [0.4, 0.5) is 0 Å². The average molecular weight is 214 g/mol. The van der Waals surface area contributed by atoms with Gasteiger partial charge >= 0.3 is 5.97 Å². The monoisotopic (exact) mass is 214 g/mol. The number of carbonyl (C=O) groups is 1. The maximum atomic E-state index is 11.6. The van der Waals surface area contributed by atoms with Crippen LogP contribution in [0, 0.1) is 11.8 Å². The highest BCUT2D eigenvalue weighted by Crippen LogP contribution is 2.44. The molecule has 1 N–H and O–H groups in total. The summed E-state index contributed by atoms with van der Waals surface area (Å²) in [4.78, 5) is 11.6. The minimum Gasteiger partial charge on any atom is -0.469 e. The van der Waals surface area contributed by atoms with Crippen molar-refractivity contribution in [2.45, 2.75) is 51.6 Å². The van der Waals surface area contributed by atoms with Gasteiger partial charge in [0.15, 0.2) is 0 Å². The van der Waals surface area contributed by atoms with Crippen molar-refractivity contribution in [3.63, 3.8) is 0 Å². The molecule has 0 aliphatic heterocycles. The Labute approximate surface area is 91.8 Å². The van der Waals surface area contributed by atoms with E-state index >= 15 is 0 Å². The topological polar surface area (TPSA) is 46.5 Å². The van der Waals surface area contributed by atoms with Crippen molar-refractivity contribution < 1.29 is 14.6 Å². The van der Waals surface area contributed by atoms with Crippen molar-refractivity contribution >= 4 is 5.97 Å². The van der Waals surface area contributed by atoms with E-state index in [0.29, 0.717) is 6.42 Å². The van der Waals surface area contributed by atoms with E-state index in [1.807, 2.05) is 6.92 Å². The molecule has 0 aromatic carbocycles. The summed E-state index contributed by atoms with van der Waals surface area (Å²) in [5, 5.41) is 10.6. The molecule has 1 aliphatic rings. The van der Waals surface area contributed by atoms with Gasteiger partial charge in [0, 0.05) is 0 Å². The van der Waals surface area contributed by atoms with Crippen LogP contribution in [-0.4, -0.2) is 23.8 Å². The van der Waals surface area contributed by atoms with Gasteiger partial charge in [-0.15, -0.1) is 0 Å². The van der Waals surface area contributed by atoms with Gasteiger partial charge in [0.1, 0.15) is 0 Å². The van der Waals surface area contributed by atoms with E-state index in [-0.39, 0.29) is 17.8 Å². The van der Waals surface area contributed by atoms with Gasteiger partial charge in [-0.05, 0) is 25.2 Å². The fourth-order valence-electron chi connectivity index (χ4n) is 2.97. The van der Waals surface area contributed by atoms with Crippen molar-refractivity contribution in [1.82, 2.24) is 0 Å². The number of hydrogen-bond donors (Lipinski definition) is 1. The van der Waals surface area contributed by atoms with Crippen LogP contribution >= 0.6 is 0 Å². The largest absolute Gasteiger partial charge is 0.469 e. The first-order valence-electron chi connectivity index (χ1n) is 5.90. The fraction of sp³-hybridized carbons (Fsp3) is 0.917. The Balaban J connectivity index is 2.85. The smallest absolute Gasteiger partial charge is 0.311 e. The lowest BCUT2D eigenvalue weighted by Crippen LogP contribution is -2.45. The normalized spacial score (nSPS) is 32.7. The lowest BCUT2D eigenvalue weighted by Gasteiger charge is -2.35. The number of methoxy groups -OCH3 is 1. The highest BCUT2D eigenvalue weighted by Gasteiger charge is 2.48. The van der Waals surface area contributed by atoms with Gasteiger partial charge in [-0.25, -0.2) is 0 Å². The zero-order chi connectivity index (χ0) is 11.5. The number of hydrogen-bond acceptors (Lipinski definition) is 3. The molecule has 0 amide bonds. The molecule has 0 heterocycles. The van der Waals surface area contributed by atoms with Gasteiger partial charge < -0.3 is 9.84 Å². The van der Waals surface area contributed by atoms with E-state index in [1.165, 1.54) is 7.11 Å². The van der Waals surface area contributed by atoms with Gasteiger partial charge in [-0.2, -0.15) is 0 Å². The van der Waals surface area contributed by atoms with Crippen LogP contribution in [0.5, 0.6) is 0 Å². The average Bonchev–Trinajstić information content (AvgIpc) is 2.60. The minimum absolute atomic E-state index is 0.251. The summed E-state index contributed by atoms with van der Waals surface area (Å²) < 4.78 is 4.77. The molecule has 15 heavy (non-hydrogen) atoms. The minimum atomic E-state index is -0.823. The standard InChI is InChI=1S/C12H22O3/c1-4-9-7-6-8-12(9,14)10(5-2)11(13)15-3/h9-10,14H,4-8H2,1-3H3. The van der Waals surface area contributed by atoms with Gasteiger partial charge in [0.25, 0.3) is 0 Å². The van der Waals surface area contributed by atoms with E-state index in [1.54, 1.807) is 0 Å². The van der Waals surface area contributed by atoms with Crippen LogP contribution in [-0.2, 0) is 9.53 Å². The van der Waals surface area contributed by atoms with E-state index in [4.69, 9.17) is 4.74 Å². The van der Waals surface area contributed by atoms with Crippen molar-refractivity contribution in [2.75, 3.05) is 7.11 Å². The predicted octanol–water partition coefficient (Wildman–Crippen LogP) is 2.13. The highest BCUT2D eigenvalue weighted by atomic mass is 16.5. The van der Waals surface area contributed by atoms with E-state index < -0.39 is 5.60 Å². The summed E-state index contributed by atoms with van der Waals surface area (Å²) in [5.74, 6) is -0.364. The maximum absolute atomic E-state index is 11.6. The van der Waals surface area contributed by atoms with Crippen LogP contribution in [0.2, 0.25) is 0 Å². The summed E-state index contributed by atoms with van der Waals surface area (Å²) >= 11 is 0. The Morgan fingerprint density at radius 1 is 1.60 bits per heavy atom. The molecule has 0 radical (unpaired) electrons. The SMILES string of the molecule is CCC1CCCC1(O)C(CC)C(=O)OC. The van der Waals surface area contributed by atoms with Crippen LogP contribution in [0.25, 0.3) is 0 Å². The van der Waals surface area contributed by atoms with Gasteiger partial charge in [0.2, 0.25) is 0 Å². The van der Waals surface area contributed by atoms with Crippen molar-refractivity contribution in [3.8, 4) is 0 Å². The molecule has 3 atom stereocenters. The molecule has 3 nitrogen and oxygen atoms in total. The third-order valence-corrected chi connectivity index (χ3v) is 3.83. The quantitative estimate of drug-likeness (QED) is 0.729. The lowest BCUT2D eigenvalue weighted by atomic mass is 9.76. The summed E-state index contributed by atoms with van der Waals surface area (Å²) in [7, 11) is 1.39. The second-order valence-corrected chi connectivity index (χ2v) is 4.47. The van der Waals surface area contributed by atoms with E-state index in [2.05, 4.69) is 6.92 Å². The molecule has 1 rings (SSSR count). The zero-order valence-electron chi connectivity index (χ0n) is 9.95. The van der Waals surface area contributed by atoms with Gasteiger partial charge in [-0.3, -0.25) is 4.79 Å². The molecule has 0 spiro atoms. The Kier molecular flexibility index (Phi) is 4.14. The van der Waals surface area contributed by atoms with Crippen LogP contribution in [0.1, 0.15) is 46.0 Å². The van der Waals surface area contributed by atoms with Crippen molar-refractivity contribution in [1.29, 1.82) is 0 Å². The Morgan fingerprint density at radius 3 is 2.73 bits per heavy atom. The molecule has 0 bridgehead atoms. The van der Waals surface area contributed by atoms with Crippen molar-refractivity contribution in [3.05, 3.63) is 0 Å². The Morgan fingerprint density at radius 2 is 2.27 bits per heavy atom. The molecular formula is C12H22O3. The maximum Gasteiger partial charge on any atom is 0.311 e. The molecule has 1 fully saturated rings. The second kappa shape index (κ2) is 4.97. The number of esters is 1. The first kappa shape index (κ1) is 12.5. The molecule has 3 unspecified atom stereocenters. The summed E-state index contributed by atoms with van der Waals surface area (Å²) in [5.41, 5.74) is -0.823. The summed E-state index contributed by atoms with van der Waals surface area (Å²) in [6.07, 6.45) is 4.37. The van der Waals surface area contributed by atoms with E-state index in [9.17, 15) is 9.90 Å². The predicted molar refractivity (Wildman–Crippen MR) is 58.4 cm³/mol. The molecule has 3 heteroatoms. The fourth-order valence-corrected chi connectivity index (χ4v) is 2.97. The van der Waals surface area contributed by atoms with Gasteiger partial charge in [-0.1, -0.05) is 26.7 Å². The van der Waals surface area contributed by atoms with Crippen molar-refractivity contribution in [2.24, 2.45) is 11.8 Å². The third kappa shape index (κ3) is 2.17. The Bertz CT molecular complexity index is 227. The molecule has 1 aliphatic carbocycles. The molecule has 1 saturated carbocycles. The summed E-state index contributed by atoms with van der Waals surface area (Å²) in [6.45, 7) is 4.01. The third-order valence-electron chi connectivity index (χ3n) is 3.83.